The highest BCUT2D eigenvalue weighted by molar-refractivity contribution is 6.08. The molecule has 0 fully saturated rings. The predicted octanol–water partition coefficient (Wildman–Crippen LogP) is 2.92. The number of fused-ring (bicyclic) bond motifs is 2. The SMILES string of the molecule is Cn1ncc2c1Nc1ccccc1N(C(=O)c1ccc(CN)cc1F)C2. The summed E-state index contributed by atoms with van der Waals surface area (Å²) < 4.78 is 16.2. The molecule has 0 unspecified atom stereocenters. The Morgan fingerprint density at radius 3 is 2.88 bits per heavy atom. The van der Waals surface area contributed by atoms with Crippen molar-refractivity contribution in [2.24, 2.45) is 12.8 Å². The molecule has 1 amide bonds. The van der Waals surface area contributed by atoms with Gasteiger partial charge in [-0.3, -0.25) is 9.48 Å². The molecule has 0 spiro atoms. The Morgan fingerprint density at radius 1 is 1.31 bits per heavy atom. The Morgan fingerprint density at radius 2 is 2.12 bits per heavy atom. The maximum Gasteiger partial charge on any atom is 0.261 e. The largest absolute Gasteiger partial charge is 0.338 e. The zero-order chi connectivity index (χ0) is 18.3. The van der Waals surface area contributed by atoms with Gasteiger partial charge in [0, 0.05) is 19.2 Å². The summed E-state index contributed by atoms with van der Waals surface area (Å²) in [5.74, 6) is -0.164. The normalized spacial score (nSPS) is 12.8. The number of nitrogens with zero attached hydrogens (tertiary/aromatic N) is 3. The van der Waals surface area contributed by atoms with Crippen LogP contribution in [0, 0.1) is 5.82 Å². The van der Waals surface area contributed by atoms with Crippen LogP contribution in [0.1, 0.15) is 21.5 Å². The maximum absolute atomic E-state index is 14.5. The first-order valence-corrected chi connectivity index (χ1v) is 8.25. The molecule has 1 aromatic heterocycles. The fourth-order valence-electron chi connectivity index (χ4n) is 3.14. The summed E-state index contributed by atoms with van der Waals surface area (Å²) in [5, 5.41) is 7.56. The van der Waals surface area contributed by atoms with Gasteiger partial charge in [-0.25, -0.2) is 4.39 Å². The fraction of sp³-hybridized carbons (Fsp3) is 0.158. The lowest BCUT2D eigenvalue weighted by molar-refractivity contribution is 0.0981. The van der Waals surface area contributed by atoms with Gasteiger partial charge in [0.2, 0.25) is 0 Å². The van der Waals surface area contributed by atoms with Crippen LogP contribution in [0.5, 0.6) is 0 Å². The van der Waals surface area contributed by atoms with E-state index in [-0.39, 0.29) is 12.1 Å². The van der Waals surface area contributed by atoms with E-state index in [2.05, 4.69) is 10.4 Å². The van der Waals surface area contributed by atoms with Crippen molar-refractivity contribution in [3.8, 4) is 0 Å². The number of halogens is 1. The van der Waals surface area contributed by atoms with E-state index in [0.717, 1.165) is 17.1 Å². The predicted molar refractivity (Wildman–Crippen MR) is 97.7 cm³/mol. The van der Waals surface area contributed by atoms with E-state index in [0.29, 0.717) is 17.8 Å². The maximum atomic E-state index is 14.5. The number of nitrogens with two attached hydrogens (primary N) is 1. The Bertz CT molecular complexity index is 997. The molecule has 4 rings (SSSR count). The highest BCUT2D eigenvalue weighted by atomic mass is 19.1. The number of hydrogen-bond donors (Lipinski definition) is 2. The molecular weight excluding hydrogens is 333 g/mol. The number of para-hydroxylation sites is 2. The molecule has 0 aliphatic carbocycles. The zero-order valence-electron chi connectivity index (χ0n) is 14.2. The zero-order valence-corrected chi connectivity index (χ0v) is 14.2. The molecule has 0 radical (unpaired) electrons. The van der Waals surface area contributed by atoms with Crippen LogP contribution in [-0.4, -0.2) is 15.7 Å². The molecule has 6 nitrogen and oxygen atoms in total. The second-order valence-corrected chi connectivity index (χ2v) is 6.19. The summed E-state index contributed by atoms with van der Waals surface area (Å²) in [5.41, 5.74) is 8.52. The van der Waals surface area contributed by atoms with Gasteiger partial charge in [-0.15, -0.1) is 0 Å². The molecule has 1 aliphatic heterocycles. The number of rotatable bonds is 2. The van der Waals surface area contributed by atoms with Crippen LogP contribution in [0.2, 0.25) is 0 Å². The number of aryl methyl sites for hydroxylation is 1. The number of hydrogen-bond acceptors (Lipinski definition) is 4. The van der Waals surface area contributed by atoms with Crippen molar-refractivity contribution in [1.29, 1.82) is 0 Å². The molecular formula is C19H18FN5O. The van der Waals surface area contributed by atoms with Gasteiger partial charge in [0.05, 0.1) is 29.7 Å². The molecule has 0 bridgehead atoms. The second-order valence-electron chi connectivity index (χ2n) is 6.19. The topological polar surface area (TPSA) is 76.2 Å². The van der Waals surface area contributed by atoms with Crippen molar-refractivity contribution >= 4 is 23.1 Å². The van der Waals surface area contributed by atoms with Crippen LogP contribution in [0.3, 0.4) is 0 Å². The third-order valence-corrected chi connectivity index (χ3v) is 4.54. The minimum absolute atomic E-state index is 0.0179. The highest BCUT2D eigenvalue weighted by Gasteiger charge is 2.28. The van der Waals surface area contributed by atoms with Gasteiger partial charge < -0.3 is 16.0 Å². The molecule has 0 saturated heterocycles. The monoisotopic (exact) mass is 351 g/mol. The summed E-state index contributed by atoms with van der Waals surface area (Å²) in [4.78, 5) is 14.7. The first kappa shape index (κ1) is 16.3. The molecule has 0 atom stereocenters. The molecule has 0 saturated carbocycles. The quantitative estimate of drug-likeness (QED) is 0.744. The van der Waals surface area contributed by atoms with E-state index >= 15 is 0 Å². The van der Waals surface area contributed by atoms with Crippen LogP contribution in [0.4, 0.5) is 21.6 Å². The lowest BCUT2D eigenvalue weighted by Crippen LogP contribution is -2.30. The number of carbonyl (C=O) groups is 1. The summed E-state index contributed by atoms with van der Waals surface area (Å²) in [6.07, 6.45) is 1.71. The number of aromatic nitrogens is 2. The highest BCUT2D eigenvalue weighted by Crippen LogP contribution is 2.36. The first-order valence-electron chi connectivity index (χ1n) is 8.25. The van der Waals surface area contributed by atoms with E-state index in [1.54, 1.807) is 21.8 Å². The van der Waals surface area contributed by atoms with Crippen molar-refractivity contribution in [1.82, 2.24) is 9.78 Å². The Kier molecular flexibility index (Phi) is 3.93. The minimum Gasteiger partial charge on any atom is -0.338 e. The van der Waals surface area contributed by atoms with E-state index in [1.165, 1.54) is 12.1 Å². The van der Waals surface area contributed by atoms with Crippen molar-refractivity contribution in [2.45, 2.75) is 13.1 Å². The molecule has 7 heteroatoms. The van der Waals surface area contributed by atoms with Crippen molar-refractivity contribution in [3.05, 3.63) is 71.2 Å². The molecule has 3 aromatic rings. The molecule has 1 aliphatic rings. The number of nitrogens with one attached hydrogen (secondary N) is 1. The number of amides is 1. The Hall–Kier alpha value is -3.19. The van der Waals surface area contributed by atoms with Gasteiger partial charge in [-0.05, 0) is 29.8 Å². The Labute approximate surface area is 150 Å². The Balaban J connectivity index is 1.81. The average Bonchev–Trinajstić information content (AvgIpc) is 2.90. The van der Waals surface area contributed by atoms with E-state index in [9.17, 15) is 9.18 Å². The van der Waals surface area contributed by atoms with Crippen LogP contribution in [0.25, 0.3) is 0 Å². The van der Waals surface area contributed by atoms with Crippen LogP contribution in [-0.2, 0) is 20.1 Å². The lowest BCUT2D eigenvalue weighted by atomic mass is 10.1. The average molecular weight is 351 g/mol. The van der Waals surface area contributed by atoms with Crippen LogP contribution in [0.15, 0.2) is 48.7 Å². The molecule has 26 heavy (non-hydrogen) atoms. The van der Waals surface area contributed by atoms with E-state index in [4.69, 9.17) is 5.73 Å². The number of anilines is 3. The smallest absolute Gasteiger partial charge is 0.261 e. The van der Waals surface area contributed by atoms with Gasteiger partial charge in [-0.2, -0.15) is 5.10 Å². The van der Waals surface area contributed by atoms with E-state index < -0.39 is 11.7 Å². The third-order valence-electron chi connectivity index (χ3n) is 4.54. The van der Waals surface area contributed by atoms with Gasteiger partial charge >= 0.3 is 0 Å². The molecule has 2 aromatic carbocycles. The van der Waals surface area contributed by atoms with Crippen LogP contribution >= 0.6 is 0 Å². The summed E-state index contributed by atoms with van der Waals surface area (Å²) in [6.45, 7) is 0.519. The lowest BCUT2D eigenvalue weighted by Gasteiger charge is -2.23. The summed E-state index contributed by atoms with van der Waals surface area (Å²) in [6, 6.07) is 11.9. The van der Waals surface area contributed by atoms with E-state index in [1.807, 2.05) is 31.3 Å². The van der Waals surface area contributed by atoms with Gasteiger partial charge in [-0.1, -0.05) is 18.2 Å². The molecule has 2 heterocycles. The van der Waals surface area contributed by atoms with Crippen molar-refractivity contribution < 1.29 is 9.18 Å². The number of carbonyl (C=O) groups excluding carboxylic acids is 1. The van der Waals surface area contributed by atoms with Gasteiger partial charge in [0.25, 0.3) is 5.91 Å². The van der Waals surface area contributed by atoms with Gasteiger partial charge in [0.1, 0.15) is 11.6 Å². The standard InChI is InChI=1S/C19H18FN5O/c1-24-18-13(10-22-24)11-25(17-5-3-2-4-16(17)23-18)19(26)14-7-6-12(9-21)8-15(14)20/h2-8,10,23H,9,11,21H2,1H3. The van der Waals surface area contributed by atoms with Crippen LogP contribution < -0.4 is 16.0 Å². The first-order chi connectivity index (χ1) is 12.6. The second kappa shape index (κ2) is 6.27. The fourth-order valence-corrected chi connectivity index (χ4v) is 3.14. The molecule has 3 N–H and O–H groups in total. The van der Waals surface area contributed by atoms with Crippen molar-refractivity contribution in [3.63, 3.8) is 0 Å². The molecule has 132 valence electrons. The summed E-state index contributed by atoms with van der Waals surface area (Å²) in [7, 11) is 1.83. The van der Waals surface area contributed by atoms with Crippen molar-refractivity contribution in [2.75, 3.05) is 10.2 Å². The third kappa shape index (κ3) is 2.62. The minimum atomic E-state index is -0.570. The van der Waals surface area contributed by atoms with Gasteiger partial charge in [0.15, 0.2) is 0 Å². The number of benzene rings is 2. The summed E-state index contributed by atoms with van der Waals surface area (Å²) >= 11 is 0.